The Bertz CT molecular complexity index is 979. The highest BCUT2D eigenvalue weighted by molar-refractivity contribution is 6.30. The lowest BCUT2D eigenvalue weighted by Crippen LogP contribution is -2.11. The first kappa shape index (κ1) is 18.4. The lowest BCUT2D eigenvalue weighted by Gasteiger charge is -2.06. The summed E-state index contributed by atoms with van der Waals surface area (Å²) in [5.41, 5.74) is 3.08. The molecule has 1 N–H and O–H groups in total. The van der Waals surface area contributed by atoms with E-state index in [-0.39, 0.29) is 11.6 Å². The first-order valence-corrected chi connectivity index (χ1v) is 8.48. The van der Waals surface area contributed by atoms with E-state index in [1.165, 1.54) is 12.1 Å². The van der Waals surface area contributed by atoms with Crippen molar-refractivity contribution in [2.45, 2.75) is 0 Å². The van der Waals surface area contributed by atoms with Crippen LogP contribution in [0.3, 0.4) is 0 Å². The van der Waals surface area contributed by atoms with Crippen molar-refractivity contribution < 1.29 is 9.72 Å². The maximum atomic E-state index is 12.2. The molecule has 134 valence electrons. The van der Waals surface area contributed by atoms with Crippen LogP contribution in [0.2, 0.25) is 5.02 Å². The number of halogens is 1. The Morgan fingerprint density at radius 2 is 1.37 bits per heavy atom. The quantitative estimate of drug-likeness (QED) is 0.353. The number of amides is 1. The highest BCUT2D eigenvalue weighted by atomic mass is 35.5. The molecular formula is C21H15ClN2O3. The van der Waals surface area contributed by atoms with Crippen molar-refractivity contribution in [1.82, 2.24) is 0 Å². The van der Waals surface area contributed by atoms with Gasteiger partial charge in [0, 0.05) is 28.4 Å². The molecule has 0 radical (unpaired) electrons. The monoisotopic (exact) mass is 378 g/mol. The Kier molecular flexibility index (Phi) is 5.64. The normalized spacial score (nSPS) is 10.7. The van der Waals surface area contributed by atoms with E-state index in [1.807, 2.05) is 36.4 Å². The zero-order valence-corrected chi connectivity index (χ0v) is 14.9. The highest BCUT2D eigenvalue weighted by Crippen LogP contribution is 2.17. The number of nitro groups is 1. The largest absolute Gasteiger partial charge is 0.322 e. The minimum atomic E-state index is -0.426. The number of benzene rings is 3. The molecule has 3 aromatic rings. The van der Waals surface area contributed by atoms with E-state index in [4.69, 9.17) is 11.6 Å². The summed E-state index contributed by atoms with van der Waals surface area (Å²) in [7, 11) is 0. The molecule has 0 aromatic heterocycles. The second-order valence-electron chi connectivity index (χ2n) is 5.77. The van der Waals surface area contributed by atoms with E-state index in [2.05, 4.69) is 5.32 Å². The SMILES string of the molecule is O=C(Nc1ccc(/C=C/c2ccc([N+](=O)[O-])cc2)cc1)c1ccc(Cl)cc1. The van der Waals surface area contributed by atoms with E-state index in [9.17, 15) is 14.9 Å². The molecule has 5 nitrogen and oxygen atoms in total. The van der Waals surface area contributed by atoms with Crippen molar-refractivity contribution in [1.29, 1.82) is 0 Å². The van der Waals surface area contributed by atoms with Gasteiger partial charge in [-0.1, -0.05) is 35.9 Å². The fourth-order valence-electron chi connectivity index (χ4n) is 2.38. The number of hydrogen-bond acceptors (Lipinski definition) is 3. The molecule has 0 saturated heterocycles. The summed E-state index contributed by atoms with van der Waals surface area (Å²) in [6.07, 6.45) is 3.76. The Morgan fingerprint density at radius 1 is 0.852 bits per heavy atom. The van der Waals surface area contributed by atoms with E-state index < -0.39 is 4.92 Å². The van der Waals surface area contributed by atoms with Gasteiger partial charge in [-0.05, 0) is 59.7 Å². The maximum absolute atomic E-state index is 12.2. The minimum Gasteiger partial charge on any atom is -0.322 e. The smallest absolute Gasteiger partial charge is 0.269 e. The predicted octanol–water partition coefficient (Wildman–Crippen LogP) is 5.67. The molecule has 0 bridgehead atoms. The molecule has 0 saturated carbocycles. The first-order chi connectivity index (χ1) is 13.0. The van der Waals surface area contributed by atoms with Crippen LogP contribution in [-0.2, 0) is 0 Å². The lowest BCUT2D eigenvalue weighted by molar-refractivity contribution is -0.384. The Balaban J connectivity index is 1.63. The van der Waals surface area contributed by atoms with Crippen molar-refractivity contribution in [3.8, 4) is 0 Å². The van der Waals surface area contributed by atoms with Crippen molar-refractivity contribution in [2.24, 2.45) is 0 Å². The Hall–Kier alpha value is -3.44. The standard InChI is InChI=1S/C21H15ClN2O3/c22-18-9-7-17(8-10-18)21(25)23-19-11-3-15(4-12-19)1-2-16-5-13-20(14-6-16)24(26)27/h1-14H,(H,23,25)/b2-1+. The van der Waals surface area contributed by atoms with Crippen molar-refractivity contribution in [3.05, 3.63) is 105 Å². The topological polar surface area (TPSA) is 72.2 Å². The van der Waals surface area contributed by atoms with Gasteiger partial charge < -0.3 is 5.32 Å². The van der Waals surface area contributed by atoms with Crippen LogP contribution in [0, 0.1) is 10.1 Å². The molecule has 0 unspecified atom stereocenters. The molecule has 0 aliphatic heterocycles. The summed E-state index contributed by atoms with van der Waals surface area (Å²) < 4.78 is 0. The number of carbonyl (C=O) groups excluding carboxylic acids is 1. The number of hydrogen-bond donors (Lipinski definition) is 1. The Morgan fingerprint density at radius 3 is 1.89 bits per heavy atom. The summed E-state index contributed by atoms with van der Waals surface area (Å²) in [5, 5.41) is 14.1. The first-order valence-electron chi connectivity index (χ1n) is 8.11. The van der Waals surface area contributed by atoms with Crippen LogP contribution in [-0.4, -0.2) is 10.8 Å². The average Bonchev–Trinajstić information content (AvgIpc) is 2.68. The second kappa shape index (κ2) is 8.29. The fourth-order valence-corrected chi connectivity index (χ4v) is 2.51. The molecule has 0 aliphatic carbocycles. The highest BCUT2D eigenvalue weighted by Gasteiger charge is 2.05. The lowest BCUT2D eigenvalue weighted by atomic mass is 10.1. The molecular weight excluding hydrogens is 364 g/mol. The molecule has 0 aliphatic rings. The molecule has 3 aromatic carbocycles. The number of rotatable bonds is 5. The van der Waals surface area contributed by atoms with Crippen LogP contribution in [0.4, 0.5) is 11.4 Å². The van der Waals surface area contributed by atoms with Gasteiger partial charge in [0.15, 0.2) is 0 Å². The molecule has 0 heterocycles. The number of nitro benzene ring substituents is 1. The second-order valence-corrected chi connectivity index (χ2v) is 6.20. The van der Waals surface area contributed by atoms with Gasteiger partial charge in [0.1, 0.15) is 0 Å². The molecule has 6 heteroatoms. The van der Waals surface area contributed by atoms with Gasteiger partial charge in [-0.25, -0.2) is 0 Å². The van der Waals surface area contributed by atoms with Gasteiger partial charge in [0.05, 0.1) is 4.92 Å². The van der Waals surface area contributed by atoms with Crippen LogP contribution in [0.1, 0.15) is 21.5 Å². The third kappa shape index (κ3) is 5.03. The molecule has 27 heavy (non-hydrogen) atoms. The fraction of sp³-hybridized carbons (Fsp3) is 0. The third-order valence-corrected chi connectivity index (χ3v) is 4.10. The third-order valence-electron chi connectivity index (χ3n) is 3.85. The van der Waals surface area contributed by atoms with Gasteiger partial charge in [-0.2, -0.15) is 0 Å². The summed E-state index contributed by atoms with van der Waals surface area (Å²) in [6, 6.07) is 20.4. The van der Waals surface area contributed by atoms with Gasteiger partial charge >= 0.3 is 0 Å². The minimum absolute atomic E-state index is 0.0629. The predicted molar refractivity (Wildman–Crippen MR) is 108 cm³/mol. The summed E-state index contributed by atoms with van der Waals surface area (Å²) in [4.78, 5) is 22.4. The van der Waals surface area contributed by atoms with E-state index in [0.29, 0.717) is 16.3 Å². The van der Waals surface area contributed by atoms with Gasteiger partial charge in [-0.3, -0.25) is 14.9 Å². The number of anilines is 1. The zero-order chi connectivity index (χ0) is 19.2. The van der Waals surface area contributed by atoms with Crippen molar-refractivity contribution >= 4 is 41.0 Å². The van der Waals surface area contributed by atoms with Crippen LogP contribution < -0.4 is 5.32 Å². The van der Waals surface area contributed by atoms with E-state index in [0.717, 1.165) is 11.1 Å². The van der Waals surface area contributed by atoms with Crippen LogP contribution in [0.5, 0.6) is 0 Å². The van der Waals surface area contributed by atoms with E-state index >= 15 is 0 Å². The maximum Gasteiger partial charge on any atom is 0.269 e. The number of nitrogens with one attached hydrogen (secondary N) is 1. The summed E-state index contributed by atoms with van der Waals surface area (Å²) in [6.45, 7) is 0. The van der Waals surface area contributed by atoms with Crippen LogP contribution in [0.25, 0.3) is 12.2 Å². The number of nitrogens with zero attached hydrogens (tertiary/aromatic N) is 1. The van der Waals surface area contributed by atoms with Crippen LogP contribution in [0.15, 0.2) is 72.8 Å². The molecule has 0 fully saturated rings. The Labute approximate surface area is 161 Å². The van der Waals surface area contributed by atoms with Gasteiger partial charge in [-0.15, -0.1) is 0 Å². The average molecular weight is 379 g/mol. The molecule has 3 rings (SSSR count). The summed E-state index contributed by atoms with van der Waals surface area (Å²) >= 11 is 5.82. The van der Waals surface area contributed by atoms with Gasteiger partial charge in [0.25, 0.3) is 11.6 Å². The van der Waals surface area contributed by atoms with Gasteiger partial charge in [0.2, 0.25) is 0 Å². The van der Waals surface area contributed by atoms with Crippen LogP contribution >= 0.6 is 11.6 Å². The molecule has 1 amide bonds. The van der Waals surface area contributed by atoms with E-state index in [1.54, 1.807) is 36.4 Å². The summed E-state index contributed by atoms with van der Waals surface area (Å²) in [5.74, 6) is -0.208. The van der Waals surface area contributed by atoms with Crippen molar-refractivity contribution in [3.63, 3.8) is 0 Å². The molecule has 0 atom stereocenters. The zero-order valence-electron chi connectivity index (χ0n) is 14.1. The number of non-ortho nitro benzene ring substituents is 1. The number of carbonyl (C=O) groups is 1. The molecule has 0 spiro atoms. The van der Waals surface area contributed by atoms with Crippen molar-refractivity contribution in [2.75, 3.05) is 5.32 Å².